The van der Waals surface area contributed by atoms with Gasteiger partial charge in [0, 0.05) is 6.42 Å². The Morgan fingerprint density at radius 2 is 2.00 bits per heavy atom. The Kier molecular flexibility index (Phi) is 2.75. The van der Waals surface area contributed by atoms with E-state index in [9.17, 15) is 4.79 Å². The lowest BCUT2D eigenvalue weighted by atomic mass is 9.72. The van der Waals surface area contributed by atoms with Gasteiger partial charge in [0.25, 0.3) is 0 Å². The molecule has 0 spiro atoms. The van der Waals surface area contributed by atoms with Crippen molar-refractivity contribution in [2.75, 3.05) is 0 Å². The first-order valence-corrected chi connectivity index (χ1v) is 4.38. The van der Waals surface area contributed by atoms with E-state index >= 15 is 0 Å². The maximum atomic E-state index is 11.0. The van der Waals surface area contributed by atoms with Crippen molar-refractivity contribution in [2.24, 2.45) is 5.41 Å². The van der Waals surface area contributed by atoms with Crippen LogP contribution in [0.1, 0.15) is 38.5 Å². The van der Waals surface area contributed by atoms with Crippen LogP contribution in [0.25, 0.3) is 0 Å². The molecule has 0 aromatic heterocycles. The average Bonchev–Trinajstić information content (AvgIpc) is 2.06. The molecule has 1 aliphatic carbocycles. The van der Waals surface area contributed by atoms with Gasteiger partial charge >= 0.3 is 5.97 Å². The molecule has 1 N–H and O–H groups in total. The van der Waals surface area contributed by atoms with E-state index in [-0.39, 0.29) is 0 Å². The smallest absolute Gasteiger partial charge is 0.310 e. The quantitative estimate of drug-likeness (QED) is 0.637. The van der Waals surface area contributed by atoms with Crippen LogP contribution in [-0.4, -0.2) is 11.1 Å². The van der Waals surface area contributed by atoms with E-state index in [1.807, 2.05) is 0 Å². The molecule has 1 fully saturated rings. The van der Waals surface area contributed by atoms with Crippen molar-refractivity contribution in [1.82, 2.24) is 0 Å². The van der Waals surface area contributed by atoms with Gasteiger partial charge in [-0.05, 0) is 12.8 Å². The number of rotatable bonds is 2. The second-order valence-corrected chi connectivity index (χ2v) is 3.53. The zero-order chi connectivity index (χ0) is 9.03. The molecule has 0 amide bonds. The molecule has 1 rings (SSSR count). The van der Waals surface area contributed by atoms with Crippen LogP contribution < -0.4 is 0 Å². The monoisotopic (exact) mass is 166 g/mol. The summed E-state index contributed by atoms with van der Waals surface area (Å²) in [5.74, 6) is 1.77. The maximum absolute atomic E-state index is 11.0. The molecule has 0 heterocycles. The van der Waals surface area contributed by atoms with Crippen LogP contribution in [-0.2, 0) is 4.79 Å². The van der Waals surface area contributed by atoms with E-state index in [1.165, 1.54) is 0 Å². The van der Waals surface area contributed by atoms with Crippen molar-refractivity contribution >= 4 is 5.97 Å². The zero-order valence-electron chi connectivity index (χ0n) is 7.18. The largest absolute Gasteiger partial charge is 0.481 e. The molecule has 2 heteroatoms. The first-order valence-electron chi connectivity index (χ1n) is 4.38. The number of hydrogen-bond acceptors (Lipinski definition) is 1. The summed E-state index contributed by atoms with van der Waals surface area (Å²) in [6, 6.07) is 0. The van der Waals surface area contributed by atoms with Crippen molar-refractivity contribution in [3.63, 3.8) is 0 Å². The second-order valence-electron chi connectivity index (χ2n) is 3.53. The van der Waals surface area contributed by atoms with Gasteiger partial charge < -0.3 is 5.11 Å². The fraction of sp³-hybridized carbons (Fsp3) is 0.700. The zero-order valence-corrected chi connectivity index (χ0v) is 7.18. The van der Waals surface area contributed by atoms with Gasteiger partial charge in [-0.1, -0.05) is 19.3 Å². The van der Waals surface area contributed by atoms with E-state index in [0.29, 0.717) is 6.42 Å². The summed E-state index contributed by atoms with van der Waals surface area (Å²) in [6.45, 7) is 0. The Bertz CT molecular complexity index is 206. The summed E-state index contributed by atoms with van der Waals surface area (Å²) < 4.78 is 0. The molecule has 1 saturated carbocycles. The summed E-state index contributed by atoms with van der Waals surface area (Å²) in [4.78, 5) is 11.0. The van der Waals surface area contributed by atoms with Crippen LogP contribution in [0.2, 0.25) is 0 Å². The molecular weight excluding hydrogens is 152 g/mol. The number of carbonyl (C=O) groups is 1. The van der Waals surface area contributed by atoms with Crippen LogP contribution in [0.4, 0.5) is 0 Å². The van der Waals surface area contributed by atoms with Gasteiger partial charge in [-0.25, -0.2) is 0 Å². The summed E-state index contributed by atoms with van der Waals surface area (Å²) in [6.07, 6.45) is 10.2. The topological polar surface area (TPSA) is 37.3 Å². The van der Waals surface area contributed by atoms with E-state index in [0.717, 1.165) is 32.1 Å². The summed E-state index contributed by atoms with van der Waals surface area (Å²) in [5, 5.41) is 9.02. The van der Waals surface area contributed by atoms with E-state index < -0.39 is 11.4 Å². The van der Waals surface area contributed by atoms with Crippen LogP contribution in [0, 0.1) is 17.8 Å². The highest BCUT2D eigenvalue weighted by Crippen LogP contribution is 2.39. The van der Waals surface area contributed by atoms with Gasteiger partial charge in [-0.15, -0.1) is 12.3 Å². The van der Waals surface area contributed by atoms with Crippen LogP contribution >= 0.6 is 0 Å². The Labute approximate surface area is 73.0 Å². The molecule has 66 valence electrons. The average molecular weight is 166 g/mol. The highest BCUT2D eigenvalue weighted by atomic mass is 16.4. The van der Waals surface area contributed by atoms with E-state index in [4.69, 9.17) is 11.5 Å². The standard InChI is InChI=1S/C10H14O2/c1-2-6-10(9(11)12)7-4-3-5-8-10/h1H,3-8H2,(H,11,12). The Hall–Kier alpha value is -0.970. The Morgan fingerprint density at radius 3 is 2.42 bits per heavy atom. The number of carboxylic acid groups (broad SMARTS) is 1. The first kappa shape index (κ1) is 9.12. The molecule has 0 aliphatic heterocycles. The molecule has 0 radical (unpaired) electrons. The molecule has 0 aromatic rings. The molecule has 0 unspecified atom stereocenters. The molecule has 0 saturated heterocycles. The van der Waals surface area contributed by atoms with Crippen molar-refractivity contribution < 1.29 is 9.90 Å². The number of hydrogen-bond donors (Lipinski definition) is 1. The van der Waals surface area contributed by atoms with Crippen molar-refractivity contribution in [2.45, 2.75) is 38.5 Å². The lowest BCUT2D eigenvalue weighted by Gasteiger charge is -2.31. The molecule has 0 bridgehead atoms. The third kappa shape index (κ3) is 1.61. The predicted molar refractivity (Wildman–Crippen MR) is 46.6 cm³/mol. The lowest BCUT2D eigenvalue weighted by Crippen LogP contribution is -2.32. The van der Waals surface area contributed by atoms with Gasteiger partial charge in [-0.2, -0.15) is 0 Å². The fourth-order valence-corrected chi connectivity index (χ4v) is 1.89. The highest BCUT2D eigenvalue weighted by molar-refractivity contribution is 5.75. The second kappa shape index (κ2) is 3.62. The van der Waals surface area contributed by atoms with Crippen LogP contribution in [0.15, 0.2) is 0 Å². The summed E-state index contributed by atoms with van der Waals surface area (Å²) in [5.41, 5.74) is -0.590. The highest BCUT2D eigenvalue weighted by Gasteiger charge is 2.38. The maximum Gasteiger partial charge on any atom is 0.310 e. The third-order valence-electron chi connectivity index (χ3n) is 2.70. The number of terminal acetylenes is 1. The molecule has 1 aliphatic rings. The van der Waals surface area contributed by atoms with Gasteiger partial charge in [0.2, 0.25) is 0 Å². The molecule has 0 atom stereocenters. The summed E-state index contributed by atoms with van der Waals surface area (Å²) >= 11 is 0. The van der Waals surface area contributed by atoms with Crippen molar-refractivity contribution in [1.29, 1.82) is 0 Å². The van der Waals surface area contributed by atoms with Gasteiger partial charge in [-0.3, -0.25) is 4.79 Å². The molecular formula is C10H14O2. The van der Waals surface area contributed by atoms with Gasteiger partial charge in [0.05, 0.1) is 5.41 Å². The number of carboxylic acids is 1. The SMILES string of the molecule is C#CCC1(C(=O)O)CCCCC1. The minimum absolute atomic E-state index is 0.391. The minimum Gasteiger partial charge on any atom is -0.481 e. The van der Waals surface area contributed by atoms with Crippen LogP contribution in [0.3, 0.4) is 0 Å². The first-order chi connectivity index (χ1) is 5.71. The number of aliphatic carboxylic acids is 1. The van der Waals surface area contributed by atoms with E-state index in [2.05, 4.69) is 5.92 Å². The van der Waals surface area contributed by atoms with Crippen LogP contribution in [0.5, 0.6) is 0 Å². The van der Waals surface area contributed by atoms with Gasteiger partial charge in [0.1, 0.15) is 0 Å². The lowest BCUT2D eigenvalue weighted by molar-refractivity contribution is -0.150. The molecule has 0 aromatic carbocycles. The van der Waals surface area contributed by atoms with Crippen molar-refractivity contribution in [3.05, 3.63) is 0 Å². The fourth-order valence-electron chi connectivity index (χ4n) is 1.89. The Balaban J connectivity index is 2.71. The predicted octanol–water partition coefficient (Wildman–Crippen LogP) is 2.04. The van der Waals surface area contributed by atoms with E-state index in [1.54, 1.807) is 0 Å². The normalized spacial score (nSPS) is 21.2. The molecule has 2 nitrogen and oxygen atoms in total. The Morgan fingerprint density at radius 1 is 1.42 bits per heavy atom. The minimum atomic E-state index is -0.708. The van der Waals surface area contributed by atoms with Crippen molar-refractivity contribution in [3.8, 4) is 12.3 Å². The van der Waals surface area contributed by atoms with Gasteiger partial charge in [0.15, 0.2) is 0 Å². The third-order valence-corrected chi connectivity index (χ3v) is 2.70. The molecule has 12 heavy (non-hydrogen) atoms. The summed E-state index contributed by atoms with van der Waals surface area (Å²) in [7, 11) is 0.